The first-order valence-electron chi connectivity index (χ1n) is 11.5. The highest BCUT2D eigenvalue weighted by atomic mass is 16.5. The zero-order valence-electron chi connectivity index (χ0n) is 18.7. The third-order valence-electron chi connectivity index (χ3n) is 6.76. The van der Waals surface area contributed by atoms with Crippen LogP contribution in [0.2, 0.25) is 0 Å². The van der Waals surface area contributed by atoms with Crippen LogP contribution in [0.25, 0.3) is 0 Å². The summed E-state index contributed by atoms with van der Waals surface area (Å²) in [6.07, 6.45) is 5.59. The van der Waals surface area contributed by atoms with Gasteiger partial charge in [-0.3, -0.25) is 14.9 Å². The summed E-state index contributed by atoms with van der Waals surface area (Å²) in [5, 5.41) is 29.6. The number of hydrogen-bond acceptors (Lipinski definition) is 6. The van der Waals surface area contributed by atoms with Gasteiger partial charge in [-0.15, -0.1) is 0 Å². The van der Waals surface area contributed by atoms with E-state index in [-0.39, 0.29) is 36.4 Å². The minimum atomic E-state index is -0.883. The first kappa shape index (κ1) is 23.0. The number of pyridine rings is 1. The van der Waals surface area contributed by atoms with Crippen molar-refractivity contribution < 1.29 is 24.5 Å². The van der Waals surface area contributed by atoms with Gasteiger partial charge in [0.1, 0.15) is 5.75 Å². The van der Waals surface area contributed by atoms with Crippen molar-refractivity contribution in [3.05, 3.63) is 35.8 Å². The van der Waals surface area contributed by atoms with Crippen LogP contribution in [0, 0.1) is 0 Å². The van der Waals surface area contributed by atoms with E-state index in [0.717, 1.165) is 25.0 Å². The van der Waals surface area contributed by atoms with E-state index in [2.05, 4.69) is 20.5 Å². The van der Waals surface area contributed by atoms with Crippen molar-refractivity contribution in [1.82, 2.24) is 20.1 Å². The van der Waals surface area contributed by atoms with Gasteiger partial charge in [0, 0.05) is 35.5 Å². The van der Waals surface area contributed by atoms with Gasteiger partial charge in [0.25, 0.3) is 0 Å². The van der Waals surface area contributed by atoms with Crippen LogP contribution in [0.3, 0.4) is 0 Å². The first-order valence-corrected chi connectivity index (χ1v) is 11.5. The molecule has 0 aliphatic heterocycles. The van der Waals surface area contributed by atoms with E-state index in [9.17, 15) is 19.8 Å². The van der Waals surface area contributed by atoms with Crippen LogP contribution in [-0.4, -0.2) is 67.6 Å². The van der Waals surface area contributed by atoms with E-state index < -0.39 is 6.09 Å². The molecule has 0 bridgehead atoms. The Kier molecular flexibility index (Phi) is 7.12. The van der Waals surface area contributed by atoms with Crippen LogP contribution >= 0.6 is 0 Å². The van der Waals surface area contributed by atoms with Crippen LogP contribution < -0.4 is 10.1 Å². The lowest BCUT2D eigenvalue weighted by molar-refractivity contribution is -0.115. The van der Waals surface area contributed by atoms with Crippen LogP contribution in [0.4, 0.5) is 10.6 Å². The summed E-state index contributed by atoms with van der Waals surface area (Å²) < 4.78 is 5.07. The maximum absolute atomic E-state index is 12.4. The Bertz CT molecular complexity index is 954. The average molecular weight is 458 g/mol. The normalized spacial score (nSPS) is 24.9. The summed E-state index contributed by atoms with van der Waals surface area (Å²) in [7, 11) is 1.56. The molecule has 0 unspecified atom stereocenters. The summed E-state index contributed by atoms with van der Waals surface area (Å²) >= 11 is 0. The maximum Gasteiger partial charge on any atom is 0.407 e. The van der Waals surface area contributed by atoms with Crippen LogP contribution in [0.15, 0.2) is 24.4 Å². The number of amides is 2. The topological polar surface area (TPSA) is 141 Å². The number of aromatic nitrogens is 3. The van der Waals surface area contributed by atoms with Crippen LogP contribution in [0.5, 0.6) is 5.75 Å². The van der Waals surface area contributed by atoms with Crippen molar-refractivity contribution in [1.29, 1.82) is 0 Å². The van der Waals surface area contributed by atoms with E-state index in [0.29, 0.717) is 42.9 Å². The Morgan fingerprint density at radius 3 is 2.61 bits per heavy atom. The number of methoxy groups -OCH3 is 1. The lowest BCUT2D eigenvalue weighted by atomic mass is 9.91. The molecule has 4 rings (SSSR count). The van der Waals surface area contributed by atoms with Crippen molar-refractivity contribution in [3.63, 3.8) is 0 Å². The van der Waals surface area contributed by atoms with E-state index >= 15 is 0 Å². The predicted octanol–water partition coefficient (Wildman–Crippen LogP) is 2.91. The number of aliphatic hydroxyl groups excluding tert-OH is 1. The number of rotatable bonds is 7. The van der Waals surface area contributed by atoms with Crippen molar-refractivity contribution in [2.75, 3.05) is 12.4 Å². The van der Waals surface area contributed by atoms with Crippen molar-refractivity contribution in [3.8, 4) is 5.75 Å². The molecule has 178 valence electrons. The Hall–Kier alpha value is -3.14. The fraction of sp³-hybridized carbons (Fsp3) is 0.565. The van der Waals surface area contributed by atoms with Crippen LogP contribution in [0.1, 0.15) is 62.3 Å². The van der Waals surface area contributed by atoms with Crippen molar-refractivity contribution >= 4 is 17.8 Å². The predicted molar refractivity (Wildman–Crippen MR) is 120 cm³/mol. The molecular weight excluding hydrogens is 426 g/mol. The number of carbonyl (C=O) groups excluding carboxylic acids is 1. The van der Waals surface area contributed by atoms with Gasteiger partial charge in [0.15, 0.2) is 5.82 Å². The summed E-state index contributed by atoms with van der Waals surface area (Å²) in [5.41, 5.74) is 1.53. The quantitative estimate of drug-likeness (QED) is 0.501. The molecule has 33 heavy (non-hydrogen) atoms. The molecule has 0 aromatic carbocycles. The van der Waals surface area contributed by atoms with Gasteiger partial charge >= 0.3 is 6.09 Å². The summed E-state index contributed by atoms with van der Waals surface area (Å²) in [6, 6.07) is 5.25. The molecule has 2 aromatic rings. The fourth-order valence-corrected chi connectivity index (χ4v) is 5.04. The second-order valence-electron chi connectivity index (χ2n) is 8.94. The largest absolute Gasteiger partial charge is 0.495 e. The zero-order valence-corrected chi connectivity index (χ0v) is 18.7. The molecule has 2 amide bonds. The van der Waals surface area contributed by atoms with E-state index in [4.69, 9.17) is 4.74 Å². The highest BCUT2D eigenvalue weighted by Gasteiger charge is 2.38. The minimum absolute atomic E-state index is 0.0298. The van der Waals surface area contributed by atoms with Crippen molar-refractivity contribution in [2.24, 2.45) is 0 Å². The summed E-state index contributed by atoms with van der Waals surface area (Å²) in [5.74, 6) is 1.02. The highest BCUT2D eigenvalue weighted by Crippen LogP contribution is 2.39. The second-order valence-corrected chi connectivity index (χ2v) is 8.94. The monoisotopic (exact) mass is 457 g/mol. The zero-order chi connectivity index (χ0) is 23.4. The number of hydrogen-bond donors (Lipinski definition) is 4. The molecular formula is C23H31N5O5. The fourth-order valence-electron chi connectivity index (χ4n) is 5.04. The number of carboxylic acid groups (broad SMARTS) is 1. The molecule has 2 aliphatic rings. The molecule has 2 aliphatic carbocycles. The smallest absolute Gasteiger partial charge is 0.407 e. The number of nitrogens with zero attached hydrogens (tertiary/aromatic N) is 3. The van der Waals surface area contributed by atoms with Gasteiger partial charge in [0.2, 0.25) is 5.91 Å². The van der Waals surface area contributed by atoms with Gasteiger partial charge in [-0.05, 0) is 57.1 Å². The molecule has 2 atom stereocenters. The molecule has 2 fully saturated rings. The molecule has 4 N–H and O–H groups in total. The van der Waals surface area contributed by atoms with Crippen LogP contribution in [-0.2, 0) is 11.2 Å². The molecule has 0 spiro atoms. The number of aliphatic hydroxyl groups is 1. The van der Waals surface area contributed by atoms with Gasteiger partial charge < -0.3 is 25.2 Å². The third kappa shape index (κ3) is 5.62. The SMILES string of the molecule is COc1ccc(CC(=O)Nc2cc([C@@H]3CC[C@H](N(C(=O)O)[C@H]4CC[C@H](O)CC4)C3)[nH]n2)nc1. The molecule has 10 heteroatoms. The van der Waals surface area contributed by atoms with Gasteiger partial charge in [0.05, 0.1) is 25.8 Å². The molecule has 10 nitrogen and oxygen atoms in total. The van der Waals surface area contributed by atoms with Gasteiger partial charge in [-0.2, -0.15) is 5.10 Å². The highest BCUT2D eigenvalue weighted by molar-refractivity contribution is 5.91. The van der Waals surface area contributed by atoms with Gasteiger partial charge in [-0.25, -0.2) is 4.79 Å². The Morgan fingerprint density at radius 1 is 1.18 bits per heavy atom. The molecule has 2 aromatic heterocycles. The van der Waals surface area contributed by atoms with E-state index in [1.807, 2.05) is 6.07 Å². The Balaban J connectivity index is 1.32. The maximum atomic E-state index is 12.4. The number of nitrogens with one attached hydrogen (secondary N) is 2. The Labute approximate surface area is 192 Å². The first-order chi connectivity index (χ1) is 15.9. The number of carbonyl (C=O) groups is 2. The molecule has 2 saturated carbocycles. The summed E-state index contributed by atoms with van der Waals surface area (Å²) in [4.78, 5) is 30.2. The standard InChI is InChI=1S/C23H31N5O5/c1-33-19-9-3-15(24-13-19)11-22(30)25-21-12-20(26-27-21)14-2-4-17(10-14)28(23(31)32)16-5-7-18(29)8-6-16/h3,9,12-14,16-18,29H,2,4-8,10-11H2,1H3,(H,31,32)(H2,25,26,27,30)/t14-,16-,17+,18-/m1/s1. The number of ether oxygens (including phenoxy) is 1. The molecule has 2 heterocycles. The van der Waals surface area contributed by atoms with Crippen molar-refractivity contribution in [2.45, 2.75) is 75.5 Å². The molecule has 0 radical (unpaired) electrons. The molecule has 0 saturated heterocycles. The summed E-state index contributed by atoms with van der Waals surface area (Å²) in [6.45, 7) is 0. The average Bonchev–Trinajstić information content (AvgIpc) is 3.45. The number of aromatic amines is 1. The minimum Gasteiger partial charge on any atom is -0.495 e. The number of anilines is 1. The lowest BCUT2D eigenvalue weighted by Crippen LogP contribution is -2.47. The van der Waals surface area contributed by atoms with E-state index in [1.54, 1.807) is 30.3 Å². The second kappa shape index (κ2) is 10.2. The lowest BCUT2D eigenvalue weighted by Gasteiger charge is -2.37. The van der Waals surface area contributed by atoms with E-state index in [1.165, 1.54) is 0 Å². The Morgan fingerprint density at radius 2 is 1.94 bits per heavy atom. The number of H-pyrrole nitrogens is 1. The third-order valence-corrected chi connectivity index (χ3v) is 6.76. The van der Waals surface area contributed by atoms with Gasteiger partial charge in [-0.1, -0.05) is 0 Å².